The number of ether oxygens (including phenoxy) is 1. The van der Waals surface area contributed by atoms with Crippen LogP contribution in [0.2, 0.25) is 0 Å². The molecule has 0 aliphatic carbocycles. The van der Waals surface area contributed by atoms with Gasteiger partial charge in [0.25, 0.3) is 0 Å². The van der Waals surface area contributed by atoms with E-state index in [1.54, 1.807) is 12.1 Å². The topological polar surface area (TPSA) is 91.2 Å². The first-order valence-electron chi connectivity index (χ1n) is 9.35. The van der Waals surface area contributed by atoms with Crippen LogP contribution in [0.15, 0.2) is 59.1 Å². The summed E-state index contributed by atoms with van der Waals surface area (Å²) in [7, 11) is 0. The summed E-state index contributed by atoms with van der Waals surface area (Å²) in [5.74, 6) is -0.942. The molecule has 0 radical (unpaired) electrons. The molecule has 0 saturated carbocycles. The van der Waals surface area contributed by atoms with Crippen molar-refractivity contribution in [2.75, 3.05) is 17.7 Å². The van der Waals surface area contributed by atoms with Crippen LogP contribution in [0.3, 0.4) is 0 Å². The van der Waals surface area contributed by atoms with Gasteiger partial charge in [-0.1, -0.05) is 36.0 Å². The standard InChI is InChI=1S/C22H20FN3O3S/c1-2-29-19-9-4-3-8-16(19)17-11-20(27)26-22(18(17)12-24)30-13-21(28)25-15-7-5-6-14(23)10-15/h3-10,17H,2,11,13H2,1H3,(H,25,28)(H,26,27). The highest BCUT2D eigenvalue weighted by Crippen LogP contribution is 2.39. The van der Waals surface area contributed by atoms with E-state index >= 15 is 0 Å². The molecule has 1 unspecified atom stereocenters. The molecular weight excluding hydrogens is 405 g/mol. The van der Waals surface area contributed by atoms with Crippen LogP contribution in [-0.2, 0) is 9.59 Å². The molecule has 0 spiro atoms. The third kappa shape index (κ3) is 5.19. The molecule has 1 aliphatic heterocycles. The fourth-order valence-corrected chi connectivity index (χ4v) is 4.03. The Morgan fingerprint density at radius 1 is 1.33 bits per heavy atom. The molecule has 0 aromatic heterocycles. The van der Waals surface area contributed by atoms with Gasteiger partial charge in [0, 0.05) is 23.6 Å². The summed E-state index contributed by atoms with van der Waals surface area (Å²) in [4.78, 5) is 24.6. The molecule has 154 valence electrons. The number of hydrogen-bond acceptors (Lipinski definition) is 5. The Labute approximate surface area is 178 Å². The SMILES string of the molecule is CCOc1ccccc1C1CC(=O)NC(SCC(=O)Nc2cccc(F)c2)=C1C#N. The Hall–Kier alpha value is -3.31. The van der Waals surface area contributed by atoms with Gasteiger partial charge in [0.05, 0.1) is 29.0 Å². The quantitative estimate of drug-likeness (QED) is 0.701. The van der Waals surface area contributed by atoms with Gasteiger partial charge in [-0.3, -0.25) is 9.59 Å². The number of allylic oxidation sites excluding steroid dienone is 1. The van der Waals surface area contributed by atoms with Crippen molar-refractivity contribution in [2.45, 2.75) is 19.3 Å². The van der Waals surface area contributed by atoms with Gasteiger partial charge in [-0.05, 0) is 31.2 Å². The first kappa shape index (κ1) is 21.4. The lowest BCUT2D eigenvalue weighted by Gasteiger charge is -2.26. The average Bonchev–Trinajstić information content (AvgIpc) is 2.72. The van der Waals surface area contributed by atoms with Crippen LogP contribution in [0.5, 0.6) is 5.75 Å². The lowest BCUT2D eigenvalue weighted by molar-refractivity contribution is -0.121. The number of carbonyl (C=O) groups is 2. The second-order valence-electron chi connectivity index (χ2n) is 6.48. The second-order valence-corrected chi connectivity index (χ2v) is 7.46. The molecule has 1 atom stereocenters. The highest BCUT2D eigenvalue weighted by molar-refractivity contribution is 8.03. The summed E-state index contributed by atoms with van der Waals surface area (Å²) in [6.07, 6.45) is 0.118. The van der Waals surface area contributed by atoms with E-state index in [0.717, 1.165) is 17.3 Å². The number of anilines is 1. The Morgan fingerprint density at radius 3 is 2.87 bits per heavy atom. The summed E-state index contributed by atoms with van der Waals surface area (Å²) in [6, 6.07) is 15.1. The second kappa shape index (κ2) is 9.94. The Kier molecular flexibility index (Phi) is 7.09. The number of thioether (sulfide) groups is 1. The molecule has 8 heteroatoms. The maximum atomic E-state index is 13.3. The van der Waals surface area contributed by atoms with Gasteiger partial charge in [-0.2, -0.15) is 5.26 Å². The zero-order chi connectivity index (χ0) is 21.5. The van der Waals surface area contributed by atoms with E-state index in [4.69, 9.17) is 4.74 Å². The average molecular weight is 425 g/mol. The molecule has 3 rings (SSSR count). The Balaban J connectivity index is 1.79. The maximum Gasteiger partial charge on any atom is 0.234 e. The number of para-hydroxylation sites is 1. The molecule has 30 heavy (non-hydrogen) atoms. The number of nitrogens with zero attached hydrogens (tertiary/aromatic N) is 1. The molecule has 0 fully saturated rings. The summed E-state index contributed by atoms with van der Waals surface area (Å²) >= 11 is 1.06. The maximum absolute atomic E-state index is 13.3. The summed E-state index contributed by atoms with van der Waals surface area (Å²) < 4.78 is 18.9. The van der Waals surface area contributed by atoms with Crippen molar-refractivity contribution in [3.63, 3.8) is 0 Å². The van der Waals surface area contributed by atoms with Gasteiger partial charge in [0.15, 0.2) is 0 Å². The third-order valence-electron chi connectivity index (χ3n) is 4.41. The normalized spacial score (nSPS) is 15.9. The number of benzene rings is 2. The van der Waals surface area contributed by atoms with E-state index in [-0.39, 0.29) is 24.0 Å². The molecular formula is C22H20FN3O3S. The number of hydrogen-bond donors (Lipinski definition) is 2. The molecule has 0 saturated heterocycles. The Bertz CT molecular complexity index is 1030. The van der Waals surface area contributed by atoms with Crippen LogP contribution >= 0.6 is 11.8 Å². The minimum Gasteiger partial charge on any atom is -0.494 e. The first-order chi connectivity index (χ1) is 14.5. The molecule has 1 aliphatic rings. The fourth-order valence-electron chi connectivity index (χ4n) is 3.16. The van der Waals surface area contributed by atoms with E-state index < -0.39 is 11.7 Å². The van der Waals surface area contributed by atoms with Crippen molar-refractivity contribution in [1.29, 1.82) is 5.26 Å². The first-order valence-corrected chi connectivity index (χ1v) is 10.3. The molecule has 6 nitrogen and oxygen atoms in total. The lowest BCUT2D eigenvalue weighted by atomic mass is 9.86. The number of carbonyl (C=O) groups excluding carboxylic acids is 2. The molecule has 0 bridgehead atoms. The summed E-state index contributed by atoms with van der Waals surface area (Å²) in [5.41, 5.74) is 1.48. The predicted molar refractivity (Wildman–Crippen MR) is 113 cm³/mol. The van der Waals surface area contributed by atoms with Crippen molar-refractivity contribution in [1.82, 2.24) is 5.32 Å². The van der Waals surface area contributed by atoms with E-state index in [1.165, 1.54) is 18.2 Å². The van der Waals surface area contributed by atoms with Gasteiger partial charge < -0.3 is 15.4 Å². The van der Waals surface area contributed by atoms with Crippen LogP contribution in [-0.4, -0.2) is 24.2 Å². The van der Waals surface area contributed by atoms with Crippen molar-refractivity contribution in [3.05, 3.63) is 70.5 Å². The van der Waals surface area contributed by atoms with Crippen LogP contribution < -0.4 is 15.4 Å². The van der Waals surface area contributed by atoms with E-state index in [2.05, 4.69) is 16.7 Å². The van der Waals surface area contributed by atoms with E-state index in [1.807, 2.05) is 25.1 Å². The van der Waals surface area contributed by atoms with Crippen LogP contribution in [0.1, 0.15) is 24.8 Å². The number of nitriles is 1. The lowest BCUT2D eigenvalue weighted by Crippen LogP contribution is -2.31. The monoisotopic (exact) mass is 425 g/mol. The number of amides is 2. The van der Waals surface area contributed by atoms with Gasteiger partial charge in [0.2, 0.25) is 11.8 Å². The van der Waals surface area contributed by atoms with E-state index in [0.29, 0.717) is 28.6 Å². The molecule has 2 aromatic rings. The van der Waals surface area contributed by atoms with Gasteiger partial charge in [0.1, 0.15) is 11.6 Å². The van der Waals surface area contributed by atoms with Crippen LogP contribution in [0.4, 0.5) is 10.1 Å². The zero-order valence-electron chi connectivity index (χ0n) is 16.3. The van der Waals surface area contributed by atoms with Crippen LogP contribution in [0, 0.1) is 17.1 Å². The minimum absolute atomic E-state index is 0.0445. The number of rotatable bonds is 7. The van der Waals surface area contributed by atoms with Crippen molar-refractivity contribution < 1.29 is 18.7 Å². The van der Waals surface area contributed by atoms with Crippen molar-refractivity contribution >= 4 is 29.3 Å². The van der Waals surface area contributed by atoms with Crippen molar-refractivity contribution in [3.8, 4) is 11.8 Å². The smallest absolute Gasteiger partial charge is 0.234 e. The fraction of sp³-hybridized carbons (Fsp3) is 0.227. The minimum atomic E-state index is -0.458. The summed E-state index contributed by atoms with van der Waals surface area (Å²) in [5, 5.41) is 15.4. The zero-order valence-corrected chi connectivity index (χ0v) is 17.1. The molecule has 1 heterocycles. The molecule has 2 aromatic carbocycles. The Morgan fingerprint density at radius 2 is 2.13 bits per heavy atom. The molecule has 2 amide bonds. The number of halogens is 1. The predicted octanol–water partition coefficient (Wildman–Crippen LogP) is 3.93. The highest BCUT2D eigenvalue weighted by Gasteiger charge is 2.31. The van der Waals surface area contributed by atoms with Crippen LogP contribution in [0.25, 0.3) is 0 Å². The molecule has 2 N–H and O–H groups in total. The number of nitrogens with one attached hydrogen (secondary N) is 2. The van der Waals surface area contributed by atoms with Gasteiger partial charge >= 0.3 is 0 Å². The van der Waals surface area contributed by atoms with E-state index in [9.17, 15) is 19.2 Å². The largest absolute Gasteiger partial charge is 0.494 e. The summed E-state index contributed by atoms with van der Waals surface area (Å²) in [6.45, 7) is 2.33. The van der Waals surface area contributed by atoms with Gasteiger partial charge in [-0.25, -0.2) is 4.39 Å². The third-order valence-corrected chi connectivity index (χ3v) is 5.42. The highest BCUT2D eigenvalue weighted by atomic mass is 32.2. The van der Waals surface area contributed by atoms with Crippen molar-refractivity contribution in [2.24, 2.45) is 0 Å². The van der Waals surface area contributed by atoms with Gasteiger partial charge in [-0.15, -0.1) is 0 Å².